The smallest absolute Gasteiger partial charge is 0.325 e. The van der Waals surface area contributed by atoms with Gasteiger partial charge in [-0.3, -0.25) is 4.90 Å². The number of allylic oxidation sites excluding steroid dienone is 1. The molecule has 0 aliphatic carbocycles. The highest BCUT2D eigenvalue weighted by Crippen LogP contribution is 2.27. The van der Waals surface area contributed by atoms with Gasteiger partial charge in [0.2, 0.25) is 0 Å². The van der Waals surface area contributed by atoms with E-state index >= 15 is 0 Å². The molecule has 6 heteroatoms. The Morgan fingerprint density at radius 2 is 2.33 bits per heavy atom. The molecule has 3 aliphatic rings. The van der Waals surface area contributed by atoms with Crippen molar-refractivity contribution in [1.82, 2.24) is 15.5 Å². The molecule has 0 spiro atoms. The van der Waals surface area contributed by atoms with Crippen molar-refractivity contribution in [2.24, 2.45) is 0 Å². The number of nitrogens with one attached hydrogen (secondary N) is 2. The number of amides is 2. The maximum Gasteiger partial charge on any atom is 0.325 e. The fraction of sp³-hybridized carbons (Fsp3) is 0.583. The number of hydrogen-bond donors (Lipinski definition) is 3. The number of nitrogens with zero attached hydrogens (tertiary/aromatic N) is 1. The lowest BCUT2D eigenvalue weighted by Crippen LogP contribution is -2.54. The van der Waals surface area contributed by atoms with E-state index < -0.39 is 0 Å². The minimum Gasteiger partial charge on any atom is -0.394 e. The van der Waals surface area contributed by atoms with E-state index in [2.05, 4.69) is 10.6 Å². The molecule has 6 nitrogen and oxygen atoms in total. The molecule has 2 amide bonds. The Balaban J connectivity index is 1.78. The average molecular weight is 251 g/mol. The van der Waals surface area contributed by atoms with Gasteiger partial charge in [-0.25, -0.2) is 4.79 Å². The third-order valence-corrected chi connectivity index (χ3v) is 3.48. The summed E-state index contributed by atoms with van der Waals surface area (Å²) in [6.07, 6.45) is 4.83. The first-order valence-corrected chi connectivity index (χ1v) is 6.19. The number of fused-ring (bicyclic) bond motifs is 1. The summed E-state index contributed by atoms with van der Waals surface area (Å²) in [6, 6.07) is -0.164. The Morgan fingerprint density at radius 1 is 1.50 bits per heavy atom. The van der Waals surface area contributed by atoms with Crippen molar-refractivity contribution in [2.75, 3.05) is 6.61 Å². The molecule has 18 heavy (non-hydrogen) atoms. The minimum absolute atomic E-state index is 0.00568. The fourth-order valence-corrected chi connectivity index (χ4v) is 2.57. The van der Waals surface area contributed by atoms with Gasteiger partial charge in [0, 0.05) is 17.5 Å². The minimum atomic E-state index is -0.273. The second-order valence-electron chi connectivity index (χ2n) is 4.86. The second-order valence-corrected chi connectivity index (χ2v) is 4.86. The number of carbonyl (C=O) groups is 1. The summed E-state index contributed by atoms with van der Waals surface area (Å²) in [5.74, 6) is 0. The van der Waals surface area contributed by atoms with Crippen LogP contribution >= 0.6 is 0 Å². The van der Waals surface area contributed by atoms with E-state index in [-0.39, 0.29) is 31.1 Å². The predicted molar refractivity (Wildman–Crippen MR) is 64.1 cm³/mol. The van der Waals surface area contributed by atoms with Crippen LogP contribution in [-0.2, 0) is 4.74 Å². The summed E-state index contributed by atoms with van der Waals surface area (Å²) >= 11 is 0. The summed E-state index contributed by atoms with van der Waals surface area (Å²) in [5.41, 5.74) is 2.07. The van der Waals surface area contributed by atoms with E-state index in [9.17, 15) is 4.79 Å². The first kappa shape index (κ1) is 11.6. The van der Waals surface area contributed by atoms with Gasteiger partial charge in [-0.05, 0) is 25.8 Å². The van der Waals surface area contributed by atoms with Gasteiger partial charge in [-0.2, -0.15) is 0 Å². The van der Waals surface area contributed by atoms with Crippen LogP contribution in [-0.4, -0.2) is 41.1 Å². The maximum atomic E-state index is 12.0. The van der Waals surface area contributed by atoms with Crippen LogP contribution in [0.3, 0.4) is 0 Å². The SMILES string of the molecule is CC1=CC2=CN(C3CCC(CO)O3)C(=O)NC2N1. The van der Waals surface area contributed by atoms with E-state index in [0.717, 1.165) is 24.1 Å². The lowest BCUT2D eigenvalue weighted by molar-refractivity contribution is -0.0376. The van der Waals surface area contributed by atoms with Crippen molar-refractivity contribution >= 4 is 6.03 Å². The van der Waals surface area contributed by atoms with Crippen LogP contribution in [0.2, 0.25) is 0 Å². The van der Waals surface area contributed by atoms with Crippen molar-refractivity contribution in [3.05, 3.63) is 23.5 Å². The zero-order valence-corrected chi connectivity index (χ0v) is 10.2. The average Bonchev–Trinajstić information content (AvgIpc) is 2.92. The van der Waals surface area contributed by atoms with Crippen LogP contribution in [0.15, 0.2) is 23.5 Å². The van der Waals surface area contributed by atoms with Crippen LogP contribution in [0.4, 0.5) is 4.79 Å². The Hall–Kier alpha value is -1.53. The number of aliphatic hydroxyl groups is 1. The highest BCUT2D eigenvalue weighted by molar-refractivity contribution is 5.78. The molecule has 0 radical (unpaired) electrons. The Labute approximate surface area is 105 Å². The molecule has 0 aromatic carbocycles. The summed E-state index contributed by atoms with van der Waals surface area (Å²) in [6.45, 7) is 1.97. The van der Waals surface area contributed by atoms with Crippen molar-refractivity contribution < 1.29 is 14.6 Å². The van der Waals surface area contributed by atoms with E-state index in [4.69, 9.17) is 9.84 Å². The standard InChI is InChI=1S/C12H17N3O3/c1-7-4-8-5-15(12(17)14-11(8)13-7)10-3-2-9(6-16)18-10/h4-5,9-11,13,16H,2-3,6H2,1H3,(H,14,17). The zero-order chi connectivity index (χ0) is 12.7. The molecule has 3 rings (SSSR count). The molecule has 3 unspecified atom stereocenters. The number of urea groups is 1. The molecule has 0 saturated carbocycles. The van der Waals surface area contributed by atoms with E-state index in [1.165, 1.54) is 0 Å². The third-order valence-electron chi connectivity index (χ3n) is 3.48. The predicted octanol–water partition coefficient (Wildman–Crippen LogP) is 0.226. The normalized spacial score (nSPS) is 34.7. The Bertz CT molecular complexity index is 432. The molecule has 98 valence electrons. The first-order chi connectivity index (χ1) is 8.67. The molecule has 1 fully saturated rings. The first-order valence-electron chi connectivity index (χ1n) is 6.19. The van der Waals surface area contributed by atoms with Crippen molar-refractivity contribution in [1.29, 1.82) is 0 Å². The molecular formula is C12H17N3O3. The number of carbonyl (C=O) groups excluding carboxylic acids is 1. The van der Waals surface area contributed by atoms with Gasteiger partial charge in [0.1, 0.15) is 12.4 Å². The van der Waals surface area contributed by atoms with E-state index in [1.54, 1.807) is 4.90 Å². The van der Waals surface area contributed by atoms with Gasteiger partial charge in [0.05, 0.1) is 12.7 Å². The third kappa shape index (κ3) is 1.87. The van der Waals surface area contributed by atoms with Gasteiger partial charge in [0.15, 0.2) is 0 Å². The second kappa shape index (κ2) is 4.29. The molecule has 3 heterocycles. The molecule has 0 aromatic rings. The summed E-state index contributed by atoms with van der Waals surface area (Å²) < 4.78 is 5.63. The van der Waals surface area contributed by atoms with Gasteiger partial charge < -0.3 is 20.5 Å². The van der Waals surface area contributed by atoms with Crippen LogP contribution in [0, 0.1) is 0 Å². The van der Waals surface area contributed by atoms with Crippen LogP contribution in [0.25, 0.3) is 0 Å². The number of ether oxygens (including phenoxy) is 1. The van der Waals surface area contributed by atoms with E-state index in [0.29, 0.717) is 0 Å². The van der Waals surface area contributed by atoms with Crippen molar-refractivity contribution in [3.63, 3.8) is 0 Å². The molecule has 0 bridgehead atoms. The van der Waals surface area contributed by atoms with Gasteiger partial charge in [-0.15, -0.1) is 0 Å². The topological polar surface area (TPSA) is 73.8 Å². The molecule has 1 saturated heterocycles. The molecule has 3 aliphatic heterocycles. The van der Waals surface area contributed by atoms with Gasteiger partial charge in [-0.1, -0.05) is 0 Å². The van der Waals surface area contributed by atoms with Crippen LogP contribution < -0.4 is 10.6 Å². The highest BCUT2D eigenvalue weighted by atomic mass is 16.5. The van der Waals surface area contributed by atoms with Crippen molar-refractivity contribution in [2.45, 2.75) is 38.3 Å². The fourth-order valence-electron chi connectivity index (χ4n) is 2.57. The summed E-state index contributed by atoms with van der Waals surface area (Å²) in [4.78, 5) is 13.6. The van der Waals surface area contributed by atoms with E-state index in [1.807, 2.05) is 19.2 Å². The zero-order valence-electron chi connectivity index (χ0n) is 10.2. The van der Waals surface area contributed by atoms with Crippen LogP contribution in [0.1, 0.15) is 19.8 Å². The van der Waals surface area contributed by atoms with Crippen LogP contribution in [0.5, 0.6) is 0 Å². The Morgan fingerprint density at radius 3 is 3.06 bits per heavy atom. The molecule has 3 atom stereocenters. The van der Waals surface area contributed by atoms with Gasteiger partial charge >= 0.3 is 6.03 Å². The largest absolute Gasteiger partial charge is 0.394 e. The van der Waals surface area contributed by atoms with Gasteiger partial charge in [0.25, 0.3) is 0 Å². The summed E-state index contributed by atoms with van der Waals surface area (Å²) in [5, 5.41) is 15.1. The van der Waals surface area contributed by atoms with Crippen molar-refractivity contribution in [3.8, 4) is 0 Å². The number of aliphatic hydroxyl groups excluding tert-OH is 1. The maximum absolute atomic E-state index is 12.0. The number of hydrogen-bond acceptors (Lipinski definition) is 4. The summed E-state index contributed by atoms with van der Waals surface area (Å²) in [7, 11) is 0. The monoisotopic (exact) mass is 251 g/mol. The Kier molecular flexibility index (Phi) is 2.76. The number of rotatable bonds is 2. The molecule has 0 aromatic heterocycles. The lowest BCUT2D eigenvalue weighted by atomic mass is 10.2. The highest BCUT2D eigenvalue weighted by Gasteiger charge is 2.36. The molecular weight excluding hydrogens is 234 g/mol. The lowest BCUT2D eigenvalue weighted by Gasteiger charge is -2.32. The molecule has 3 N–H and O–H groups in total. The quantitative estimate of drug-likeness (QED) is 0.656.